The van der Waals surface area contributed by atoms with Gasteiger partial charge in [-0.3, -0.25) is 4.79 Å². The topological polar surface area (TPSA) is 84.2 Å². The summed E-state index contributed by atoms with van der Waals surface area (Å²) in [5, 5.41) is 0.313. The van der Waals surface area contributed by atoms with Crippen LogP contribution in [0.15, 0.2) is 57.9 Å². The van der Waals surface area contributed by atoms with E-state index in [-0.39, 0.29) is 22.5 Å². The van der Waals surface area contributed by atoms with E-state index in [1.54, 1.807) is 30.3 Å². The van der Waals surface area contributed by atoms with E-state index in [9.17, 15) is 9.59 Å². The lowest BCUT2D eigenvalue weighted by molar-refractivity contribution is -0.144. The summed E-state index contributed by atoms with van der Waals surface area (Å²) in [6, 6.07) is 11.7. The first-order valence-corrected chi connectivity index (χ1v) is 9.44. The van der Waals surface area contributed by atoms with Gasteiger partial charge in [0.05, 0.1) is 12.0 Å². The van der Waals surface area contributed by atoms with Crippen molar-refractivity contribution in [2.75, 3.05) is 13.2 Å². The zero-order chi connectivity index (χ0) is 20.2. The molecule has 1 atom stereocenters. The SMILES string of the molecule is CCOc1ccccc1Oc1coc2cc(OC(=O)C3CCCO3)ccc2c1=O. The van der Waals surface area contributed by atoms with E-state index in [4.69, 9.17) is 23.4 Å². The smallest absolute Gasteiger partial charge is 0.340 e. The van der Waals surface area contributed by atoms with Crippen LogP contribution in [0.1, 0.15) is 19.8 Å². The molecule has 0 radical (unpaired) electrons. The lowest BCUT2D eigenvalue weighted by atomic mass is 10.2. The number of fused-ring (bicyclic) bond motifs is 1. The summed E-state index contributed by atoms with van der Waals surface area (Å²) in [4.78, 5) is 24.9. The van der Waals surface area contributed by atoms with Gasteiger partial charge in [0.2, 0.25) is 11.2 Å². The van der Waals surface area contributed by atoms with E-state index < -0.39 is 12.1 Å². The van der Waals surface area contributed by atoms with Crippen LogP contribution in [0.5, 0.6) is 23.0 Å². The summed E-state index contributed by atoms with van der Waals surface area (Å²) in [7, 11) is 0. The molecule has 0 spiro atoms. The maximum absolute atomic E-state index is 12.8. The molecular formula is C22H20O7. The molecule has 1 fully saturated rings. The van der Waals surface area contributed by atoms with Gasteiger partial charge in [0, 0.05) is 12.7 Å². The van der Waals surface area contributed by atoms with E-state index >= 15 is 0 Å². The fraction of sp³-hybridized carbons (Fsp3) is 0.273. The van der Waals surface area contributed by atoms with Crippen LogP contribution in [0.25, 0.3) is 11.0 Å². The normalized spacial score (nSPS) is 16.0. The van der Waals surface area contributed by atoms with Gasteiger partial charge in [0.15, 0.2) is 17.6 Å². The minimum Gasteiger partial charge on any atom is -0.490 e. The summed E-state index contributed by atoms with van der Waals surface area (Å²) >= 11 is 0. The average molecular weight is 396 g/mol. The largest absolute Gasteiger partial charge is 0.490 e. The van der Waals surface area contributed by atoms with Gasteiger partial charge in [0.25, 0.3) is 0 Å². The number of esters is 1. The minimum absolute atomic E-state index is 0.0359. The van der Waals surface area contributed by atoms with Crippen LogP contribution in [0.4, 0.5) is 0 Å². The highest BCUT2D eigenvalue weighted by Gasteiger charge is 2.25. The summed E-state index contributed by atoms with van der Waals surface area (Å²) in [5.41, 5.74) is -0.0485. The van der Waals surface area contributed by atoms with Crippen LogP contribution in [-0.2, 0) is 9.53 Å². The molecule has 1 saturated heterocycles. The molecule has 150 valence electrons. The minimum atomic E-state index is -0.543. The summed E-state index contributed by atoms with van der Waals surface area (Å²) in [6.07, 6.45) is 2.17. The molecule has 7 nitrogen and oxygen atoms in total. The number of rotatable bonds is 6. The highest BCUT2D eigenvalue weighted by molar-refractivity contribution is 5.82. The predicted molar refractivity (Wildman–Crippen MR) is 105 cm³/mol. The highest BCUT2D eigenvalue weighted by Crippen LogP contribution is 2.31. The van der Waals surface area contributed by atoms with Gasteiger partial charge in [0.1, 0.15) is 17.6 Å². The van der Waals surface area contributed by atoms with Crippen LogP contribution >= 0.6 is 0 Å². The molecule has 1 aliphatic heterocycles. The number of benzene rings is 2. The van der Waals surface area contributed by atoms with Gasteiger partial charge in [-0.2, -0.15) is 0 Å². The van der Waals surface area contributed by atoms with E-state index in [0.29, 0.717) is 36.5 Å². The van der Waals surface area contributed by atoms with Crippen LogP contribution < -0.4 is 19.6 Å². The number of hydrogen-bond acceptors (Lipinski definition) is 7. The first-order valence-electron chi connectivity index (χ1n) is 9.44. The van der Waals surface area contributed by atoms with Gasteiger partial charge in [-0.05, 0) is 44.0 Å². The van der Waals surface area contributed by atoms with Crippen LogP contribution in [-0.4, -0.2) is 25.3 Å². The van der Waals surface area contributed by atoms with Crippen LogP contribution in [0, 0.1) is 0 Å². The first-order chi connectivity index (χ1) is 14.2. The third-order valence-electron chi connectivity index (χ3n) is 4.49. The molecule has 2 aromatic carbocycles. The van der Waals surface area contributed by atoms with Crippen molar-refractivity contribution in [3.05, 3.63) is 59.0 Å². The second-order valence-electron chi connectivity index (χ2n) is 6.49. The lowest BCUT2D eigenvalue weighted by Gasteiger charge is -2.11. The fourth-order valence-electron chi connectivity index (χ4n) is 3.10. The van der Waals surface area contributed by atoms with Crippen LogP contribution in [0.3, 0.4) is 0 Å². The summed E-state index contributed by atoms with van der Waals surface area (Å²) in [5.74, 6) is 0.830. The Morgan fingerprint density at radius 2 is 1.97 bits per heavy atom. The molecule has 29 heavy (non-hydrogen) atoms. The van der Waals surface area contributed by atoms with Crippen molar-refractivity contribution in [1.29, 1.82) is 0 Å². The van der Waals surface area contributed by atoms with E-state index in [2.05, 4.69) is 0 Å². The molecule has 0 aliphatic carbocycles. The second kappa shape index (κ2) is 8.36. The van der Waals surface area contributed by atoms with Crippen molar-refractivity contribution >= 4 is 16.9 Å². The Morgan fingerprint density at radius 3 is 2.72 bits per heavy atom. The number of carbonyl (C=O) groups excluding carboxylic acids is 1. The van der Waals surface area contributed by atoms with Gasteiger partial charge in [-0.1, -0.05) is 12.1 Å². The third-order valence-corrected chi connectivity index (χ3v) is 4.49. The Hall–Kier alpha value is -3.32. The Morgan fingerprint density at radius 1 is 1.14 bits per heavy atom. The number of ether oxygens (including phenoxy) is 4. The van der Waals surface area contributed by atoms with Crippen molar-refractivity contribution in [2.45, 2.75) is 25.9 Å². The standard InChI is InChI=1S/C22H20O7/c1-2-25-16-6-3-4-7-17(16)29-20-13-27-19-12-14(9-10-15(19)21(20)23)28-22(24)18-8-5-11-26-18/h3-4,6-7,9-10,12-13,18H,2,5,8,11H2,1H3. The summed E-state index contributed by atoms with van der Waals surface area (Å²) < 4.78 is 27.5. The molecule has 7 heteroatoms. The van der Waals surface area contributed by atoms with Crippen molar-refractivity contribution in [3.63, 3.8) is 0 Å². The average Bonchev–Trinajstić information content (AvgIpc) is 3.27. The lowest BCUT2D eigenvalue weighted by Crippen LogP contribution is -2.24. The highest BCUT2D eigenvalue weighted by atomic mass is 16.6. The molecule has 0 N–H and O–H groups in total. The van der Waals surface area contributed by atoms with Crippen molar-refractivity contribution < 1.29 is 28.2 Å². The van der Waals surface area contributed by atoms with Gasteiger partial charge >= 0.3 is 5.97 Å². The van der Waals surface area contributed by atoms with E-state index in [1.165, 1.54) is 12.3 Å². The zero-order valence-electron chi connectivity index (χ0n) is 15.9. The van der Waals surface area contributed by atoms with E-state index in [0.717, 1.165) is 6.42 Å². The maximum atomic E-state index is 12.8. The summed E-state index contributed by atoms with van der Waals surface area (Å²) in [6.45, 7) is 2.89. The van der Waals surface area contributed by atoms with Crippen molar-refractivity contribution in [1.82, 2.24) is 0 Å². The maximum Gasteiger partial charge on any atom is 0.340 e. The Labute approximate surface area is 166 Å². The molecule has 0 saturated carbocycles. The molecule has 0 bridgehead atoms. The van der Waals surface area contributed by atoms with Crippen molar-refractivity contribution in [3.8, 4) is 23.0 Å². The first kappa shape index (κ1) is 19.0. The monoisotopic (exact) mass is 396 g/mol. The molecule has 1 aliphatic rings. The molecule has 1 unspecified atom stereocenters. The van der Waals surface area contributed by atoms with E-state index in [1.807, 2.05) is 13.0 Å². The fourth-order valence-corrected chi connectivity index (χ4v) is 3.10. The Kier molecular flexibility index (Phi) is 5.48. The quantitative estimate of drug-likeness (QED) is 0.459. The Bertz CT molecular complexity index is 1080. The molecule has 1 aromatic heterocycles. The molecule has 3 aromatic rings. The number of hydrogen-bond donors (Lipinski definition) is 0. The molecule has 4 rings (SSSR count). The molecule has 2 heterocycles. The second-order valence-corrected chi connectivity index (χ2v) is 6.49. The van der Waals surface area contributed by atoms with Gasteiger partial charge < -0.3 is 23.4 Å². The molecular weight excluding hydrogens is 376 g/mol. The third kappa shape index (κ3) is 4.09. The van der Waals surface area contributed by atoms with Crippen molar-refractivity contribution in [2.24, 2.45) is 0 Å². The van der Waals surface area contributed by atoms with Gasteiger partial charge in [-0.15, -0.1) is 0 Å². The predicted octanol–water partition coefficient (Wildman–Crippen LogP) is 4.07. The zero-order valence-corrected chi connectivity index (χ0v) is 15.9. The number of para-hydroxylation sites is 2. The van der Waals surface area contributed by atoms with Crippen LogP contribution in [0.2, 0.25) is 0 Å². The molecule has 0 amide bonds. The number of carbonyl (C=O) groups is 1. The Balaban J connectivity index is 1.58. The van der Waals surface area contributed by atoms with Gasteiger partial charge in [-0.25, -0.2) is 4.79 Å².